The minimum Gasteiger partial charge on any atom is -0.467 e. The molecule has 0 radical (unpaired) electrons. The molecular formula is C19H19N3O3. The van der Waals surface area contributed by atoms with E-state index in [1.807, 2.05) is 48.7 Å². The van der Waals surface area contributed by atoms with Crippen LogP contribution >= 0.6 is 0 Å². The third-order valence-corrected chi connectivity index (χ3v) is 3.92. The highest BCUT2D eigenvalue weighted by Gasteiger charge is 2.23. The molecule has 6 heteroatoms. The largest absolute Gasteiger partial charge is 0.467 e. The van der Waals surface area contributed by atoms with Crippen LogP contribution in [0.3, 0.4) is 0 Å². The van der Waals surface area contributed by atoms with Gasteiger partial charge in [0.25, 0.3) is 0 Å². The lowest BCUT2D eigenvalue weighted by atomic mass is 10.1. The quantitative estimate of drug-likeness (QED) is 0.626. The molecule has 0 aliphatic carbocycles. The summed E-state index contributed by atoms with van der Waals surface area (Å²) < 4.78 is 4.83. The number of amides is 2. The lowest BCUT2D eigenvalue weighted by Gasteiger charge is -2.17. The Morgan fingerprint density at radius 1 is 1.08 bits per heavy atom. The second-order valence-corrected chi connectivity index (χ2v) is 5.60. The normalized spacial score (nSPS) is 11.7. The second-order valence-electron chi connectivity index (χ2n) is 5.60. The van der Waals surface area contributed by atoms with Gasteiger partial charge in [0.05, 0.1) is 7.11 Å². The molecule has 0 unspecified atom stereocenters. The van der Waals surface area contributed by atoms with E-state index in [1.165, 1.54) is 7.11 Å². The van der Waals surface area contributed by atoms with Gasteiger partial charge in [-0.3, -0.25) is 0 Å². The first-order valence-electron chi connectivity index (χ1n) is 7.93. The van der Waals surface area contributed by atoms with E-state index in [0.29, 0.717) is 12.1 Å². The van der Waals surface area contributed by atoms with Crippen LogP contribution in [-0.2, 0) is 16.0 Å². The van der Waals surface area contributed by atoms with Crippen LogP contribution in [0.4, 0.5) is 10.5 Å². The summed E-state index contributed by atoms with van der Waals surface area (Å²) in [7, 11) is 1.31. The van der Waals surface area contributed by atoms with Gasteiger partial charge >= 0.3 is 12.0 Å². The zero-order valence-electron chi connectivity index (χ0n) is 13.8. The summed E-state index contributed by atoms with van der Waals surface area (Å²) in [4.78, 5) is 27.4. The fraction of sp³-hybridized carbons (Fsp3) is 0.158. The number of nitrogens with one attached hydrogen (secondary N) is 3. The van der Waals surface area contributed by atoms with E-state index >= 15 is 0 Å². The average Bonchev–Trinajstić information content (AvgIpc) is 3.04. The standard InChI is InChI=1S/C19H19N3O3/c1-25-18(23)17(22-19(24)21-14-7-3-2-4-8-14)11-13-12-20-16-10-6-5-9-15(13)16/h2-10,12,17,20H,11H2,1H3,(H2,21,22,24)/t17-/m0/s1. The van der Waals surface area contributed by atoms with Gasteiger partial charge in [-0.05, 0) is 23.8 Å². The summed E-state index contributed by atoms with van der Waals surface area (Å²) >= 11 is 0. The Morgan fingerprint density at radius 3 is 2.56 bits per heavy atom. The van der Waals surface area contributed by atoms with E-state index in [9.17, 15) is 9.59 Å². The number of hydrogen-bond donors (Lipinski definition) is 3. The smallest absolute Gasteiger partial charge is 0.328 e. The minimum absolute atomic E-state index is 0.332. The lowest BCUT2D eigenvalue weighted by molar-refractivity contribution is -0.142. The number of H-pyrrole nitrogens is 1. The summed E-state index contributed by atoms with van der Waals surface area (Å²) in [5.74, 6) is -0.492. The van der Waals surface area contributed by atoms with E-state index in [0.717, 1.165) is 16.5 Å². The van der Waals surface area contributed by atoms with Crippen molar-refractivity contribution in [3.05, 3.63) is 66.4 Å². The number of carbonyl (C=O) groups is 2. The highest BCUT2D eigenvalue weighted by Crippen LogP contribution is 2.19. The maximum atomic E-state index is 12.2. The molecule has 25 heavy (non-hydrogen) atoms. The van der Waals surface area contributed by atoms with Crippen molar-refractivity contribution in [3.63, 3.8) is 0 Å². The van der Waals surface area contributed by atoms with Crippen molar-refractivity contribution in [3.8, 4) is 0 Å². The molecule has 2 amide bonds. The number of urea groups is 1. The summed E-state index contributed by atoms with van der Waals surface area (Å²) in [5, 5.41) is 6.40. The van der Waals surface area contributed by atoms with Gasteiger partial charge in [0.15, 0.2) is 0 Å². The van der Waals surface area contributed by atoms with Crippen LogP contribution in [-0.4, -0.2) is 30.1 Å². The van der Waals surface area contributed by atoms with Crippen molar-refractivity contribution in [1.29, 1.82) is 0 Å². The molecule has 3 aromatic rings. The van der Waals surface area contributed by atoms with E-state index in [4.69, 9.17) is 4.74 Å². The van der Waals surface area contributed by atoms with E-state index in [1.54, 1.807) is 12.1 Å². The van der Waals surface area contributed by atoms with Crippen LogP contribution in [0.15, 0.2) is 60.8 Å². The minimum atomic E-state index is -0.784. The van der Waals surface area contributed by atoms with Gasteiger partial charge in [-0.25, -0.2) is 9.59 Å². The Bertz CT molecular complexity index is 874. The molecule has 1 heterocycles. The first-order valence-corrected chi connectivity index (χ1v) is 7.93. The number of benzene rings is 2. The fourth-order valence-corrected chi connectivity index (χ4v) is 2.70. The van der Waals surface area contributed by atoms with Gasteiger partial charge in [0.1, 0.15) is 6.04 Å². The second kappa shape index (κ2) is 7.53. The number of methoxy groups -OCH3 is 1. The van der Waals surface area contributed by atoms with E-state index in [-0.39, 0.29) is 0 Å². The van der Waals surface area contributed by atoms with Gasteiger partial charge in [0, 0.05) is 29.2 Å². The SMILES string of the molecule is COC(=O)[C@H](Cc1c[nH]c2ccccc12)NC(=O)Nc1ccccc1. The number of ether oxygens (including phenoxy) is 1. The number of aromatic amines is 1. The summed E-state index contributed by atoms with van der Waals surface area (Å²) in [6, 6.07) is 15.6. The molecule has 0 spiro atoms. The number of anilines is 1. The van der Waals surface area contributed by atoms with Crippen LogP contribution in [0.2, 0.25) is 0 Å². The van der Waals surface area contributed by atoms with E-state index < -0.39 is 18.0 Å². The Balaban J connectivity index is 1.73. The first-order chi connectivity index (χ1) is 12.2. The van der Waals surface area contributed by atoms with Crippen molar-refractivity contribution >= 4 is 28.6 Å². The molecule has 6 nitrogen and oxygen atoms in total. The molecule has 1 atom stereocenters. The maximum absolute atomic E-state index is 12.2. The Morgan fingerprint density at radius 2 is 1.80 bits per heavy atom. The molecule has 128 valence electrons. The number of esters is 1. The molecular weight excluding hydrogens is 318 g/mol. The fourth-order valence-electron chi connectivity index (χ4n) is 2.70. The van der Waals surface area contributed by atoms with Gasteiger partial charge < -0.3 is 20.4 Å². The highest BCUT2D eigenvalue weighted by atomic mass is 16.5. The number of carbonyl (C=O) groups excluding carboxylic acids is 2. The van der Waals surface area contributed by atoms with Gasteiger partial charge in [-0.2, -0.15) is 0 Å². The van der Waals surface area contributed by atoms with Crippen LogP contribution in [0, 0.1) is 0 Å². The molecule has 0 aliphatic rings. The number of rotatable bonds is 5. The highest BCUT2D eigenvalue weighted by molar-refractivity contribution is 5.93. The van der Waals surface area contributed by atoms with E-state index in [2.05, 4.69) is 15.6 Å². The van der Waals surface area contributed by atoms with Crippen LogP contribution in [0.1, 0.15) is 5.56 Å². The van der Waals surface area contributed by atoms with Gasteiger partial charge in [-0.1, -0.05) is 36.4 Å². The summed E-state index contributed by atoms with van der Waals surface area (Å²) in [6.45, 7) is 0. The lowest BCUT2D eigenvalue weighted by Crippen LogP contribution is -2.45. The van der Waals surface area contributed by atoms with Crippen molar-refractivity contribution in [2.45, 2.75) is 12.5 Å². The summed E-state index contributed by atoms with van der Waals surface area (Å²) in [5.41, 5.74) is 2.57. The molecule has 0 saturated carbocycles. The molecule has 0 bridgehead atoms. The number of fused-ring (bicyclic) bond motifs is 1. The third-order valence-electron chi connectivity index (χ3n) is 3.92. The predicted molar refractivity (Wildman–Crippen MR) is 96.4 cm³/mol. The Kier molecular flexibility index (Phi) is 4.99. The number of aromatic nitrogens is 1. The number of hydrogen-bond acceptors (Lipinski definition) is 3. The van der Waals surface area contributed by atoms with Gasteiger partial charge in [-0.15, -0.1) is 0 Å². The zero-order valence-corrected chi connectivity index (χ0v) is 13.8. The van der Waals surface area contributed by atoms with Crippen molar-refractivity contribution in [2.75, 3.05) is 12.4 Å². The molecule has 3 N–H and O–H groups in total. The molecule has 2 aromatic carbocycles. The Hall–Kier alpha value is -3.28. The van der Waals surface area contributed by atoms with Crippen LogP contribution < -0.4 is 10.6 Å². The maximum Gasteiger partial charge on any atom is 0.328 e. The molecule has 1 aromatic heterocycles. The molecule has 3 rings (SSSR count). The van der Waals surface area contributed by atoms with Crippen LogP contribution in [0.5, 0.6) is 0 Å². The van der Waals surface area contributed by atoms with Crippen LogP contribution in [0.25, 0.3) is 10.9 Å². The third kappa shape index (κ3) is 3.98. The monoisotopic (exact) mass is 337 g/mol. The van der Waals surface area contributed by atoms with Crippen molar-refractivity contribution in [2.24, 2.45) is 0 Å². The average molecular weight is 337 g/mol. The first kappa shape index (κ1) is 16.6. The predicted octanol–water partition coefficient (Wildman–Crippen LogP) is 3.07. The molecule has 0 aliphatic heterocycles. The molecule has 0 fully saturated rings. The number of para-hydroxylation sites is 2. The molecule has 0 saturated heterocycles. The summed E-state index contributed by atoms with van der Waals surface area (Å²) in [6.07, 6.45) is 2.18. The topological polar surface area (TPSA) is 83.2 Å². The van der Waals surface area contributed by atoms with Crippen molar-refractivity contribution < 1.29 is 14.3 Å². The Labute approximate surface area is 145 Å². The van der Waals surface area contributed by atoms with Crippen molar-refractivity contribution in [1.82, 2.24) is 10.3 Å². The van der Waals surface area contributed by atoms with Gasteiger partial charge in [0.2, 0.25) is 0 Å². The zero-order chi connectivity index (χ0) is 17.6.